The number of rotatable bonds is 3. The van der Waals surface area contributed by atoms with E-state index in [1.807, 2.05) is 0 Å². The van der Waals surface area contributed by atoms with Gasteiger partial charge in [0.1, 0.15) is 0 Å². The first kappa shape index (κ1) is 22.0. The van der Waals surface area contributed by atoms with Crippen molar-refractivity contribution in [1.29, 1.82) is 0 Å². The average Bonchev–Trinajstić information content (AvgIpc) is 3.17. The maximum atomic E-state index is 13.2. The normalized spacial score (nSPS) is 14.7. The second kappa shape index (κ2) is 9.53. The molecule has 4 rings (SSSR count). The van der Waals surface area contributed by atoms with Gasteiger partial charge in [-0.1, -0.05) is 34.8 Å². The lowest BCUT2D eigenvalue weighted by molar-refractivity contribution is 0.0716. The molecule has 0 aliphatic carbocycles. The molecular formula is C21H17Cl3N4O2S. The van der Waals surface area contributed by atoms with Crippen molar-refractivity contribution >= 4 is 58.1 Å². The van der Waals surface area contributed by atoms with Crippen LogP contribution in [0.3, 0.4) is 0 Å². The Morgan fingerprint density at radius 3 is 2.29 bits per heavy atom. The van der Waals surface area contributed by atoms with Crippen LogP contribution in [-0.2, 0) is 0 Å². The number of carbonyl (C=O) groups excluding carboxylic acids is 2. The molecule has 0 unspecified atom stereocenters. The molecule has 1 saturated heterocycles. The Labute approximate surface area is 197 Å². The Balaban J connectivity index is 1.78. The van der Waals surface area contributed by atoms with Crippen molar-refractivity contribution < 1.29 is 9.59 Å². The molecule has 1 aliphatic rings. The molecule has 1 fully saturated rings. The molecular weight excluding hydrogens is 479 g/mol. The van der Waals surface area contributed by atoms with Crippen molar-refractivity contribution in [3.63, 3.8) is 0 Å². The van der Waals surface area contributed by atoms with Crippen LogP contribution in [-0.4, -0.2) is 39.0 Å². The van der Waals surface area contributed by atoms with Crippen LogP contribution in [0.15, 0.2) is 47.5 Å². The van der Waals surface area contributed by atoms with Gasteiger partial charge in [-0.3, -0.25) is 9.59 Å². The SMILES string of the molecule is O=C(N=c1sn(-c2ccc(Cl)cc2)nc1C(=O)N1CCCCC1)c1ccc(Cl)cc1Cl. The van der Waals surface area contributed by atoms with Crippen LogP contribution in [0.2, 0.25) is 15.1 Å². The van der Waals surface area contributed by atoms with Gasteiger partial charge in [-0.15, -0.1) is 5.10 Å². The highest BCUT2D eigenvalue weighted by Gasteiger charge is 2.24. The monoisotopic (exact) mass is 494 g/mol. The van der Waals surface area contributed by atoms with Gasteiger partial charge in [0.2, 0.25) is 0 Å². The fourth-order valence-corrected chi connectivity index (χ4v) is 4.70. The van der Waals surface area contributed by atoms with Crippen LogP contribution in [0, 0.1) is 0 Å². The molecule has 2 aromatic carbocycles. The molecule has 0 spiro atoms. The Morgan fingerprint density at radius 1 is 0.935 bits per heavy atom. The molecule has 0 atom stereocenters. The zero-order valence-corrected chi connectivity index (χ0v) is 19.3. The van der Waals surface area contributed by atoms with Gasteiger partial charge >= 0.3 is 0 Å². The van der Waals surface area contributed by atoms with E-state index < -0.39 is 5.91 Å². The lowest BCUT2D eigenvalue weighted by Crippen LogP contribution is -2.38. The minimum absolute atomic E-state index is 0.139. The second-order valence-electron chi connectivity index (χ2n) is 6.99. The highest BCUT2D eigenvalue weighted by molar-refractivity contribution is 7.04. The van der Waals surface area contributed by atoms with E-state index in [1.54, 1.807) is 39.3 Å². The van der Waals surface area contributed by atoms with Crippen molar-refractivity contribution in [2.24, 2.45) is 4.99 Å². The van der Waals surface area contributed by atoms with E-state index in [4.69, 9.17) is 34.8 Å². The molecule has 0 saturated carbocycles. The molecule has 1 aliphatic heterocycles. The van der Waals surface area contributed by atoms with Crippen molar-refractivity contribution in [2.45, 2.75) is 19.3 Å². The zero-order valence-electron chi connectivity index (χ0n) is 16.2. The molecule has 160 valence electrons. The number of hydrogen-bond donors (Lipinski definition) is 0. The summed E-state index contributed by atoms with van der Waals surface area (Å²) >= 11 is 19.2. The predicted octanol–water partition coefficient (Wildman–Crippen LogP) is 5.26. The van der Waals surface area contributed by atoms with Gasteiger partial charge in [0.15, 0.2) is 10.4 Å². The molecule has 0 N–H and O–H groups in total. The number of nitrogens with zero attached hydrogens (tertiary/aromatic N) is 4. The lowest BCUT2D eigenvalue weighted by atomic mass is 10.1. The standard InChI is InChI=1S/C21H17Cl3N4O2S/c22-13-4-7-15(8-5-13)28-26-18(21(30)27-10-2-1-3-11-27)20(31-28)25-19(29)16-9-6-14(23)12-17(16)24/h4-9,12H,1-3,10-11H2. The van der Waals surface area contributed by atoms with E-state index in [9.17, 15) is 9.59 Å². The third-order valence-electron chi connectivity index (χ3n) is 4.82. The third kappa shape index (κ3) is 5.01. The molecule has 0 radical (unpaired) electrons. The van der Waals surface area contributed by atoms with Gasteiger partial charge in [-0.05, 0) is 73.3 Å². The van der Waals surface area contributed by atoms with Gasteiger partial charge in [0.25, 0.3) is 11.8 Å². The summed E-state index contributed by atoms with van der Waals surface area (Å²) in [4.78, 5) is 31.9. The zero-order chi connectivity index (χ0) is 22.0. The minimum atomic E-state index is -0.568. The average molecular weight is 496 g/mol. The lowest BCUT2D eigenvalue weighted by Gasteiger charge is -2.25. The molecule has 2 amide bonds. The summed E-state index contributed by atoms with van der Waals surface area (Å²) in [6.07, 6.45) is 2.98. The molecule has 10 heteroatoms. The first-order valence-electron chi connectivity index (χ1n) is 9.62. The van der Waals surface area contributed by atoms with Gasteiger partial charge in [-0.25, -0.2) is 0 Å². The minimum Gasteiger partial charge on any atom is -0.337 e. The number of amides is 2. The Kier molecular flexibility index (Phi) is 6.77. The summed E-state index contributed by atoms with van der Waals surface area (Å²) in [6, 6.07) is 11.6. The Hall–Kier alpha value is -2.19. The topological polar surface area (TPSA) is 67.6 Å². The van der Waals surface area contributed by atoms with E-state index in [1.165, 1.54) is 12.1 Å². The smallest absolute Gasteiger partial charge is 0.279 e. The van der Waals surface area contributed by atoms with Crippen LogP contribution >= 0.6 is 46.3 Å². The number of likely N-dealkylation sites (tertiary alicyclic amines) is 1. The van der Waals surface area contributed by atoms with E-state index in [0.717, 1.165) is 30.8 Å². The molecule has 6 nitrogen and oxygen atoms in total. The first-order valence-corrected chi connectivity index (χ1v) is 11.5. The van der Waals surface area contributed by atoms with Crippen LogP contribution in [0.1, 0.15) is 40.1 Å². The molecule has 3 aromatic rings. The van der Waals surface area contributed by atoms with Crippen molar-refractivity contribution in [1.82, 2.24) is 14.1 Å². The van der Waals surface area contributed by atoms with Gasteiger partial charge in [-0.2, -0.15) is 9.06 Å². The molecule has 1 aromatic heterocycles. The summed E-state index contributed by atoms with van der Waals surface area (Å²) in [5.41, 5.74) is 1.05. The van der Waals surface area contributed by atoms with E-state index in [2.05, 4.69) is 10.1 Å². The maximum Gasteiger partial charge on any atom is 0.279 e. The summed E-state index contributed by atoms with van der Waals surface area (Å²) in [7, 11) is 0. The summed E-state index contributed by atoms with van der Waals surface area (Å²) in [5.74, 6) is -0.807. The second-order valence-corrected chi connectivity index (χ2v) is 9.18. The first-order chi connectivity index (χ1) is 14.9. The number of carbonyl (C=O) groups is 2. The molecule has 0 bridgehead atoms. The van der Waals surface area contributed by atoms with Gasteiger partial charge < -0.3 is 4.90 Å². The number of halogens is 3. The van der Waals surface area contributed by atoms with Gasteiger partial charge in [0, 0.05) is 23.1 Å². The third-order valence-corrected chi connectivity index (χ3v) is 6.55. The van der Waals surface area contributed by atoms with E-state index in [-0.39, 0.29) is 26.9 Å². The van der Waals surface area contributed by atoms with Gasteiger partial charge in [0.05, 0.1) is 16.3 Å². The van der Waals surface area contributed by atoms with Crippen LogP contribution in [0.5, 0.6) is 0 Å². The number of aromatic nitrogens is 2. The van der Waals surface area contributed by atoms with E-state index >= 15 is 0 Å². The fraction of sp³-hybridized carbons (Fsp3) is 0.238. The summed E-state index contributed by atoms with van der Waals surface area (Å²) in [5, 5.41) is 5.67. The van der Waals surface area contributed by atoms with Crippen LogP contribution in [0.4, 0.5) is 0 Å². The van der Waals surface area contributed by atoms with Crippen molar-refractivity contribution in [3.05, 3.63) is 73.5 Å². The number of hydrogen-bond acceptors (Lipinski definition) is 4. The number of benzene rings is 2. The predicted molar refractivity (Wildman–Crippen MR) is 123 cm³/mol. The largest absolute Gasteiger partial charge is 0.337 e. The highest BCUT2D eigenvalue weighted by Crippen LogP contribution is 2.22. The maximum absolute atomic E-state index is 13.2. The van der Waals surface area contributed by atoms with E-state index in [0.29, 0.717) is 28.8 Å². The van der Waals surface area contributed by atoms with Crippen molar-refractivity contribution in [2.75, 3.05) is 13.1 Å². The Bertz CT molecular complexity index is 1200. The molecule has 2 heterocycles. The summed E-state index contributed by atoms with van der Waals surface area (Å²) < 4.78 is 1.78. The number of piperidine rings is 1. The Morgan fingerprint density at radius 2 is 1.61 bits per heavy atom. The van der Waals surface area contributed by atoms with Crippen LogP contribution < -0.4 is 4.67 Å². The van der Waals surface area contributed by atoms with Crippen molar-refractivity contribution in [3.8, 4) is 5.69 Å². The highest BCUT2D eigenvalue weighted by atomic mass is 35.5. The van der Waals surface area contributed by atoms with Crippen LogP contribution in [0.25, 0.3) is 5.69 Å². The quantitative estimate of drug-likeness (QED) is 0.498. The molecule has 31 heavy (non-hydrogen) atoms. The fourth-order valence-electron chi connectivity index (χ4n) is 3.23. The summed E-state index contributed by atoms with van der Waals surface area (Å²) in [6.45, 7) is 1.32.